The number of amides is 1. The summed E-state index contributed by atoms with van der Waals surface area (Å²) in [4.78, 5) is 11.6. The van der Waals surface area contributed by atoms with Gasteiger partial charge >= 0.3 is 0 Å². The molecule has 0 aliphatic heterocycles. The van der Waals surface area contributed by atoms with Crippen LogP contribution in [0.4, 0.5) is 5.69 Å². The Bertz CT molecular complexity index is 408. The molecule has 106 valence electrons. The predicted molar refractivity (Wildman–Crippen MR) is 75.5 cm³/mol. The summed E-state index contributed by atoms with van der Waals surface area (Å²) in [5, 5.41) is 2.72. The van der Waals surface area contributed by atoms with Gasteiger partial charge in [-0.3, -0.25) is 4.79 Å². The van der Waals surface area contributed by atoms with Crippen LogP contribution in [0.15, 0.2) is 18.2 Å². The van der Waals surface area contributed by atoms with Gasteiger partial charge in [0.25, 0.3) is 5.91 Å². The van der Waals surface area contributed by atoms with Crippen LogP contribution in [0.2, 0.25) is 0 Å². The molecule has 1 amide bonds. The van der Waals surface area contributed by atoms with E-state index in [1.54, 1.807) is 18.2 Å². The minimum absolute atomic E-state index is 0.132. The molecule has 1 rings (SSSR count). The fourth-order valence-electron chi connectivity index (χ4n) is 1.54. The van der Waals surface area contributed by atoms with Crippen LogP contribution in [0.5, 0.6) is 5.75 Å². The summed E-state index contributed by atoms with van der Waals surface area (Å²) < 4.78 is 10.8. The van der Waals surface area contributed by atoms with E-state index in [1.807, 2.05) is 6.92 Å². The van der Waals surface area contributed by atoms with E-state index in [0.717, 1.165) is 13.0 Å². The molecule has 0 saturated carbocycles. The van der Waals surface area contributed by atoms with Crippen molar-refractivity contribution in [2.75, 3.05) is 32.1 Å². The smallest absolute Gasteiger partial charge is 0.251 e. The Morgan fingerprint density at radius 1 is 1.26 bits per heavy atom. The van der Waals surface area contributed by atoms with Crippen LogP contribution < -0.4 is 15.8 Å². The zero-order chi connectivity index (χ0) is 14.1. The van der Waals surface area contributed by atoms with Crippen LogP contribution >= 0.6 is 0 Å². The Labute approximate surface area is 114 Å². The van der Waals surface area contributed by atoms with Gasteiger partial charge in [-0.05, 0) is 31.5 Å². The van der Waals surface area contributed by atoms with Gasteiger partial charge in [0.2, 0.25) is 0 Å². The van der Waals surface area contributed by atoms with Gasteiger partial charge in [-0.2, -0.15) is 0 Å². The number of ether oxygens (including phenoxy) is 2. The van der Waals surface area contributed by atoms with E-state index >= 15 is 0 Å². The van der Waals surface area contributed by atoms with Crippen molar-refractivity contribution in [2.24, 2.45) is 0 Å². The summed E-state index contributed by atoms with van der Waals surface area (Å²) in [7, 11) is 0. The molecule has 0 atom stereocenters. The third-order valence-electron chi connectivity index (χ3n) is 2.44. The van der Waals surface area contributed by atoms with E-state index in [4.69, 9.17) is 15.2 Å². The minimum atomic E-state index is -0.132. The Hall–Kier alpha value is -1.75. The molecule has 0 spiro atoms. The number of benzene rings is 1. The van der Waals surface area contributed by atoms with Crippen LogP contribution in [-0.4, -0.2) is 32.3 Å². The minimum Gasteiger partial charge on any atom is -0.489 e. The van der Waals surface area contributed by atoms with Gasteiger partial charge < -0.3 is 20.5 Å². The van der Waals surface area contributed by atoms with Crippen molar-refractivity contribution < 1.29 is 14.3 Å². The molecule has 0 aliphatic carbocycles. The van der Waals surface area contributed by atoms with Crippen molar-refractivity contribution in [2.45, 2.75) is 20.3 Å². The first-order valence-corrected chi connectivity index (χ1v) is 6.57. The first-order valence-electron chi connectivity index (χ1n) is 6.57. The summed E-state index contributed by atoms with van der Waals surface area (Å²) in [6, 6.07) is 5.02. The van der Waals surface area contributed by atoms with Crippen molar-refractivity contribution in [3.8, 4) is 5.75 Å². The fourth-order valence-corrected chi connectivity index (χ4v) is 1.54. The third-order valence-corrected chi connectivity index (χ3v) is 2.44. The van der Waals surface area contributed by atoms with Crippen molar-refractivity contribution in [1.29, 1.82) is 0 Å². The van der Waals surface area contributed by atoms with E-state index in [9.17, 15) is 4.79 Å². The second-order valence-electron chi connectivity index (χ2n) is 4.07. The van der Waals surface area contributed by atoms with Crippen molar-refractivity contribution in [3.63, 3.8) is 0 Å². The van der Waals surface area contributed by atoms with Gasteiger partial charge in [-0.25, -0.2) is 0 Å². The standard InChI is InChI=1S/C14H22N2O3/c1-3-7-18-8-9-19-13-6-5-11(10-12(13)15)14(17)16-4-2/h5-6,10H,3-4,7-9,15H2,1-2H3,(H,16,17). The Kier molecular flexibility index (Phi) is 6.74. The van der Waals surface area contributed by atoms with Crippen LogP contribution in [0.1, 0.15) is 30.6 Å². The van der Waals surface area contributed by atoms with E-state index in [2.05, 4.69) is 12.2 Å². The molecule has 1 aromatic rings. The molecule has 0 fully saturated rings. The molecule has 5 heteroatoms. The molecule has 0 aliphatic rings. The van der Waals surface area contributed by atoms with Crippen molar-refractivity contribution in [3.05, 3.63) is 23.8 Å². The second kappa shape index (κ2) is 8.37. The van der Waals surface area contributed by atoms with Gasteiger partial charge in [-0.15, -0.1) is 0 Å². The maximum atomic E-state index is 11.6. The van der Waals surface area contributed by atoms with Crippen LogP contribution in [0, 0.1) is 0 Å². The quantitative estimate of drug-likeness (QED) is 0.556. The molecule has 0 bridgehead atoms. The number of nitrogen functional groups attached to an aromatic ring is 1. The van der Waals surface area contributed by atoms with Gasteiger partial charge in [0, 0.05) is 18.7 Å². The third kappa shape index (κ3) is 5.18. The first kappa shape index (κ1) is 15.3. The lowest BCUT2D eigenvalue weighted by atomic mass is 10.2. The highest BCUT2D eigenvalue weighted by Gasteiger charge is 2.07. The average molecular weight is 266 g/mol. The number of nitrogens with one attached hydrogen (secondary N) is 1. The van der Waals surface area contributed by atoms with E-state index < -0.39 is 0 Å². The largest absolute Gasteiger partial charge is 0.489 e. The Morgan fingerprint density at radius 3 is 2.68 bits per heavy atom. The van der Waals surface area contributed by atoms with Crippen molar-refractivity contribution >= 4 is 11.6 Å². The monoisotopic (exact) mass is 266 g/mol. The average Bonchev–Trinajstić information content (AvgIpc) is 2.40. The van der Waals surface area contributed by atoms with E-state index in [-0.39, 0.29) is 5.91 Å². The lowest BCUT2D eigenvalue weighted by molar-refractivity contribution is 0.0955. The normalized spacial score (nSPS) is 10.2. The number of nitrogens with two attached hydrogens (primary N) is 1. The van der Waals surface area contributed by atoms with Gasteiger partial charge in [0.05, 0.1) is 12.3 Å². The lowest BCUT2D eigenvalue weighted by Crippen LogP contribution is -2.22. The maximum absolute atomic E-state index is 11.6. The maximum Gasteiger partial charge on any atom is 0.251 e. The highest BCUT2D eigenvalue weighted by atomic mass is 16.5. The number of hydrogen-bond acceptors (Lipinski definition) is 4. The molecule has 0 saturated heterocycles. The number of carbonyl (C=O) groups is 1. The number of rotatable bonds is 8. The van der Waals surface area contributed by atoms with Crippen molar-refractivity contribution in [1.82, 2.24) is 5.32 Å². The highest BCUT2D eigenvalue weighted by Crippen LogP contribution is 2.22. The van der Waals surface area contributed by atoms with E-state index in [1.165, 1.54) is 0 Å². The van der Waals surface area contributed by atoms with Crippen LogP contribution in [0.3, 0.4) is 0 Å². The topological polar surface area (TPSA) is 73.6 Å². The molecule has 0 unspecified atom stereocenters. The van der Waals surface area contributed by atoms with Crippen LogP contribution in [0.25, 0.3) is 0 Å². The molecule has 0 heterocycles. The molecule has 0 radical (unpaired) electrons. The van der Waals surface area contributed by atoms with Crippen LogP contribution in [-0.2, 0) is 4.74 Å². The molecule has 3 N–H and O–H groups in total. The number of hydrogen-bond donors (Lipinski definition) is 2. The molecule has 19 heavy (non-hydrogen) atoms. The van der Waals surface area contributed by atoms with Gasteiger partial charge in [0.15, 0.2) is 0 Å². The number of anilines is 1. The highest BCUT2D eigenvalue weighted by molar-refractivity contribution is 5.95. The first-order chi connectivity index (χ1) is 9.19. The summed E-state index contributed by atoms with van der Waals surface area (Å²) in [6.45, 7) is 6.23. The Morgan fingerprint density at radius 2 is 2.05 bits per heavy atom. The summed E-state index contributed by atoms with van der Waals surface area (Å²) >= 11 is 0. The zero-order valence-electron chi connectivity index (χ0n) is 11.6. The summed E-state index contributed by atoms with van der Waals surface area (Å²) in [5.74, 6) is 0.445. The summed E-state index contributed by atoms with van der Waals surface area (Å²) in [6.07, 6.45) is 0.989. The van der Waals surface area contributed by atoms with Gasteiger partial charge in [0.1, 0.15) is 12.4 Å². The second-order valence-corrected chi connectivity index (χ2v) is 4.07. The number of carbonyl (C=O) groups excluding carboxylic acids is 1. The molecule has 5 nitrogen and oxygen atoms in total. The molecular formula is C14H22N2O3. The molecule has 1 aromatic carbocycles. The SMILES string of the molecule is CCCOCCOc1ccc(C(=O)NCC)cc1N. The summed E-state index contributed by atoms with van der Waals surface area (Å²) in [5.41, 5.74) is 6.84. The fraction of sp³-hybridized carbons (Fsp3) is 0.500. The Balaban J connectivity index is 2.50. The lowest BCUT2D eigenvalue weighted by Gasteiger charge is -2.10. The van der Waals surface area contributed by atoms with E-state index in [0.29, 0.717) is 36.8 Å². The molecular weight excluding hydrogens is 244 g/mol. The van der Waals surface area contributed by atoms with Gasteiger partial charge in [-0.1, -0.05) is 6.92 Å². The predicted octanol–water partition coefficient (Wildman–Crippen LogP) is 1.82. The molecule has 0 aromatic heterocycles. The zero-order valence-corrected chi connectivity index (χ0v) is 11.6.